The molecule has 2 aromatic carbocycles. The zero-order valence-corrected chi connectivity index (χ0v) is 17.3. The second-order valence-electron chi connectivity index (χ2n) is 7.73. The van der Waals surface area contributed by atoms with E-state index in [0.29, 0.717) is 18.0 Å². The Morgan fingerprint density at radius 1 is 1.00 bits per heavy atom. The van der Waals surface area contributed by atoms with Gasteiger partial charge in [0.2, 0.25) is 5.91 Å². The number of nitrogens with one attached hydrogen (secondary N) is 1. The molecule has 3 rings (SSSR count). The van der Waals surface area contributed by atoms with E-state index < -0.39 is 0 Å². The van der Waals surface area contributed by atoms with E-state index in [1.165, 1.54) is 12.5 Å². The van der Waals surface area contributed by atoms with Crippen molar-refractivity contribution >= 4 is 11.8 Å². The molecule has 154 valence electrons. The van der Waals surface area contributed by atoms with Gasteiger partial charge in [-0.15, -0.1) is 0 Å². The van der Waals surface area contributed by atoms with Gasteiger partial charge in [-0.05, 0) is 67.0 Å². The van der Waals surface area contributed by atoms with Crippen molar-refractivity contribution in [2.45, 2.75) is 39.2 Å². The molecular weight excluding hydrogens is 364 g/mol. The summed E-state index contributed by atoms with van der Waals surface area (Å²) >= 11 is 0. The monoisotopic (exact) mass is 394 g/mol. The second-order valence-corrected chi connectivity index (χ2v) is 7.73. The number of rotatable bonds is 7. The van der Waals surface area contributed by atoms with Crippen molar-refractivity contribution in [1.82, 2.24) is 10.2 Å². The zero-order valence-electron chi connectivity index (χ0n) is 17.3. The molecule has 0 saturated carbocycles. The lowest BCUT2D eigenvalue weighted by Gasteiger charge is -2.32. The van der Waals surface area contributed by atoms with E-state index in [2.05, 4.69) is 17.4 Å². The van der Waals surface area contributed by atoms with Gasteiger partial charge in [0.1, 0.15) is 5.75 Å². The quantitative estimate of drug-likeness (QED) is 0.777. The number of carbonyl (C=O) groups is 2. The topological polar surface area (TPSA) is 58.6 Å². The number of methoxy groups -OCH3 is 1. The number of benzene rings is 2. The molecule has 2 aromatic rings. The summed E-state index contributed by atoms with van der Waals surface area (Å²) in [6.07, 6.45) is 4.34. The van der Waals surface area contributed by atoms with Crippen molar-refractivity contribution in [3.8, 4) is 5.75 Å². The number of piperidine rings is 1. The van der Waals surface area contributed by atoms with Crippen molar-refractivity contribution in [3.63, 3.8) is 0 Å². The van der Waals surface area contributed by atoms with Gasteiger partial charge in [0.05, 0.1) is 7.11 Å². The Hall–Kier alpha value is -2.82. The maximum Gasteiger partial charge on any atom is 0.253 e. The SMILES string of the molecule is COc1ccc(CCC2CCN(C(=O)c3ccc(CNC(C)=O)cc3)CC2)cc1. The van der Waals surface area contributed by atoms with E-state index in [4.69, 9.17) is 4.74 Å². The number of likely N-dealkylation sites (tertiary alicyclic amines) is 1. The van der Waals surface area contributed by atoms with Gasteiger partial charge < -0.3 is 15.0 Å². The Morgan fingerprint density at radius 2 is 1.62 bits per heavy atom. The van der Waals surface area contributed by atoms with Gasteiger partial charge in [-0.3, -0.25) is 9.59 Å². The Morgan fingerprint density at radius 3 is 2.21 bits per heavy atom. The summed E-state index contributed by atoms with van der Waals surface area (Å²) < 4.78 is 5.21. The van der Waals surface area contributed by atoms with Crippen molar-refractivity contribution in [3.05, 3.63) is 65.2 Å². The van der Waals surface area contributed by atoms with Crippen LogP contribution < -0.4 is 10.1 Å². The van der Waals surface area contributed by atoms with Crippen LogP contribution in [0.25, 0.3) is 0 Å². The number of aryl methyl sites for hydroxylation is 1. The van der Waals surface area contributed by atoms with E-state index in [0.717, 1.165) is 50.1 Å². The molecule has 1 aliphatic rings. The minimum Gasteiger partial charge on any atom is -0.497 e. The van der Waals surface area contributed by atoms with Crippen LogP contribution in [0.2, 0.25) is 0 Å². The highest BCUT2D eigenvalue weighted by Gasteiger charge is 2.23. The minimum absolute atomic E-state index is 0.0555. The average molecular weight is 395 g/mol. The molecule has 29 heavy (non-hydrogen) atoms. The van der Waals surface area contributed by atoms with Crippen molar-refractivity contribution in [2.24, 2.45) is 5.92 Å². The summed E-state index contributed by atoms with van der Waals surface area (Å²) in [6.45, 7) is 3.63. The number of carbonyl (C=O) groups excluding carboxylic acids is 2. The normalized spacial score (nSPS) is 14.5. The number of nitrogens with zero attached hydrogens (tertiary/aromatic N) is 1. The standard InChI is InChI=1S/C24H30N2O3/c1-18(27)25-17-21-5-9-22(10-6-21)24(28)26-15-13-20(14-16-26)4-3-19-7-11-23(29-2)12-8-19/h5-12,20H,3-4,13-17H2,1-2H3,(H,25,27). The highest BCUT2D eigenvalue weighted by molar-refractivity contribution is 5.94. The molecule has 1 heterocycles. The molecule has 1 aliphatic heterocycles. The van der Waals surface area contributed by atoms with Gasteiger partial charge >= 0.3 is 0 Å². The first kappa shape index (κ1) is 20.9. The molecule has 1 saturated heterocycles. The number of ether oxygens (including phenoxy) is 1. The molecule has 0 aliphatic carbocycles. The summed E-state index contributed by atoms with van der Waals surface area (Å²) in [7, 11) is 1.68. The lowest BCUT2D eigenvalue weighted by atomic mass is 9.90. The highest BCUT2D eigenvalue weighted by Crippen LogP contribution is 2.24. The second kappa shape index (κ2) is 10.1. The van der Waals surface area contributed by atoms with Crippen molar-refractivity contribution in [1.29, 1.82) is 0 Å². The molecular formula is C24H30N2O3. The summed E-state index contributed by atoms with van der Waals surface area (Å²) in [4.78, 5) is 25.7. The molecule has 0 aromatic heterocycles. The molecule has 0 bridgehead atoms. The highest BCUT2D eigenvalue weighted by atomic mass is 16.5. The van der Waals surface area contributed by atoms with Gasteiger partial charge in [-0.1, -0.05) is 24.3 Å². The van der Waals surface area contributed by atoms with Gasteiger partial charge in [0.15, 0.2) is 0 Å². The summed E-state index contributed by atoms with van der Waals surface area (Å²) in [5, 5.41) is 2.77. The van der Waals surface area contributed by atoms with Crippen LogP contribution in [-0.4, -0.2) is 36.9 Å². The molecule has 5 nitrogen and oxygen atoms in total. The summed E-state index contributed by atoms with van der Waals surface area (Å²) in [6, 6.07) is 15.8. The number of amides is 2. The molecule has 0 radical (unpaired) electrons. The predicted octanol–water partition coefficient (Wildman–Crippen LogP) is 3.82. The van der Waals surface area contributed by atoms with Gasteiger partial charge in [0.25, 0.3) is 5.91 Å². The van der Waals surface area contributed by atoms with Gasteiger partial charge in [-0.25, -0.2) is 0 Å². The molecule has 1 N–H and O–H groups in total. The lowest BCUT2D eigenvalue weighted by molar-refractivity contribution is -0.119. The fourth-order valence-corrected chi connectivity index (χ4v) is 3.76. The van der Waals surface area contributed by atoms with Crippen LogP contribution in [-0.2, 0) is 17.8 Å². The first-order valence-electron chi connectivity index (χ1n) is 10.3. The first-order valence-corrected chi connectivity index (χ1v) is 10.3. The van der Waals surface area contributed by atoms with Crippen LogP contribution in [0.1, 0.15) is 47.7 Å². The summed E-state index contributed by atoms with van der Waals surface area (Å²) in [5.74, 6) is 1.61. The number of hydrogen-bond acceptors (Lipinski definition) is 3. The summed E-state index contributed by atoms with van der Waals surface area (Å²) in [5.41, 5.74) is 3.05. The smallest absolute Gasteiger partial charge is 0.253 e. The third-order valence-corrected chi connectivity index (χ3v) is 5.64. The Bertz CT molecular complexity index is 807. The fourth-order valence-electron chi connectivity index (χ4n) is 3.76. The zero-order chi connectivity index (χ0) is 20.6. The van der Waals surface area contributed by atoms with Crippen molar-refractivity contribution < 1.29 is 14.3 Å². The first-order chi connectivity index (χ1) is 14.0. The van der Waals surface area contributed by atoms with Crippen LogP contribution in [0.3, 0.4) is 0 Å². The largest absolute Gasteiger partial charge is 0.497 e. The van der Waals surface area contributed by atoms with E-state index in [-0.39, 0.29) is 11.8 Å². The fraction of sp³-hybridized carbons (Fsp3) is 0.417. The maximum atomic E-state index is 12.8. The van der Waals surface area contributed by atoms with E-state index in [1.54, 1.807) is 7.11 Å². The van der Waals surface area contributed by atoms with Crippen LogP contribution in [0.4, 0.5) is 0 Å². The predicted molar refractivity (Wildman–Crippen MR) is 114 cm³/mol. The maximum absolute atomic E-state index is 12.8. The van der Waals surface area contributed by atoms with Crippen molar-refractivity contribution in [2.75, 3.05) is 20.2 Å². The van der Waals surface area contributed by atoms with E-state index >= 15 is 0 Å². The molecule has 2 amide bonds. The average Bonchev–Trinajstić information content (AvgIpc) is 2.77. The third-order valence-electron chi connectivity index (χ3n) is 5.64. The molecule has 1 fully saturated rings. The van der Waals surface area contributed by atoms with E-state index in [9.17, 15) is 9.59 Å². The van der Waals surface area contributed by atoms with Crippen LogP contribution in [0.15, 0.2) is 48.5 Å². The molecule has 5 heteroatoms. The minimum atomic E-state index is -0.0555. The molecule has 0 unspecified atom stereocenters. The number of hydrogen-bond donors (Lipinski definition) is 1. The Labute approximate surface area is 173 Å². The van der Waals surface area contributed by atoms with E-state index in [1.807, 2.05) is 41.3 Å². The lowest BCUT2D eigenvalue weighted by Crippen LogP contribution is -2.38. The van der Waals surface area contributed by atoms with Crippen LogP contribution in [0, 0.1) is 5.92 Å². The van der Waals surface area contributed by atoms with Gasteiger partial charge in [-0.2, -0.15) is 0 Å². The Balaban J connectivity index is 1.44. The van der Waals surface area contributed by atoms with Crippen LogP contribution >= 0.6 is 0 Å². The van der Waals surface area contributed by atoms with Gasteiger partial charge in [0, 0.05) is 32.1 Å². The molecule has 0 atom stereocenters. The molecule has 0 spiro atoms. The third kappa shape index (κ3) is 6.08. The van der Waals surface area contributed by atoms with Crippen LogP contribution in [0.5, 0.6) is 5.75 Å². The Kier molecular flexibility index (Phi) is 7.28.